The average Bonchev–Trinajstić information content (AvgIpc) is 3.65. The number of nitrogens with one attached hydrogen (secondary N) is 2. The number of amides is 1. The van der Waals surface area contributed by atoms with Gasteiger partial charge in [-0.2, -0.15) is 26.3 Å². The molecule has 0 aliphatic carbocycles. The zero-order chi connectivity index (χ0) is 33.8. The lowest BCUT2D eigenvalue weighted by atomic mass is 9.92. The van der Waals surface area contributed by atoms with Crippen molar-refractivity contribution in [3.8, 4) is 11.6 Å². The molecule has 4 rings (SSSR count). The van der Waals surface area contributed by atoms with Gasteiger partial charge in [0.1, 0.15) is 10.2 Å². The van der Waals surface area contributed by atoms with Gasteiger partial charge in [0.15, 0.2) is 5.69 Å². The molecule has 1 fully saturated rings. The number of anilines is 1. The van der Waals surface area contributed by atoms with Crippen LogP contribution in [0.3, 0.4) is 0 Å². The van der Waals surface area contributed by atoms with Crippen molar-refractivity contribution in [1.82, 2.24) is 20.5 Å². The number of hydrogen-bond acceptors (Lipinski definition) is 8. The molecule has 2 unspecified atom stereocenters. The summed E-state index contributed by atoms with van der Waals surface area (Å²) in [4.78, 5) is 16.4. The fraction of sp³-hybridized carbons (Fsp3) is 0.533. The third-order valence-corrected chi connectivity index (χ3v) is 7.83. The first kappa shape index (κ1) is 35.6. The summed E-state index contributed by atoms with van der Waals surface area (Å²) in [6, 6.07) is 8.77. The van der Waals surface area contributed by atoms with Gasteiger partial charge in [-0.3, -0.25) is 5.32 Å². The Morgan fingerprint density at radius 1 is 1.09 bits per heavy atom. The van der Waals surface area contributed by atoms with Gasteiger partial charge in [-0.05, 0) is 93.0 Å². The zero-order valence-corrected chi connectivity index (χ0v) is 26.9. The van der Waals surface area contributed by atoms with Crippen LogP contribution in [0, 0.1) is 5.92 Å². The number of hydrogen-bond donors (Lipinski definition) is 2. The highest BCUT2D eigenvalue weighted by Crippen LogP contribution is 2.47. The predicted molar refractivity (Wildman–Crippen MR) is 158 cm³/mol. The van der Waals surface area contributed by atoms with Gasteiger partial charge >= 0.3 is 18.4 Å². The van der Waals surface area contributed by atoms with Crippen LogP contribution in [0.5, 0.6) is 0 Å². The number of nitrogens with zero attached hydrogens (tertiary/aromatic N) is 3. The third-order valence-electron chi connectivity index (χ3n) is 7.23. The summed E-state index contributed by atoms with van der Waals surface area (Å²) in [7, 11) is 0. The van der Waals surface area contributed by atoms with Gasteiger partial charge < -0.3 is 19.2 Å². The van der Waals surface area contributed by atoms with E-state index in [1.165, 1.54) is 20.8 Å². The van der Waals surface area contributed by atoms with E-state index in [9.17, 15) is 18.0 Å². The molecule has 0 saturated carbocycles. The maximum atomic E-state index is 15.1. The summed E-state index contributed by atoms with van der Waals surface area (Å²) < 4.78 is 102. The van der Waals surface area contributed by atoms with E-state index in [0.717, 1.165) is 25.9 Å². The fourth-order valence-electron chi connectivity index (χ4n) is 4.98. The lowest BCUT2D eigenvalue weighted by Crippen LogP contribution is -2.45. The molecule has 46 heavy (non-hydrogen) atoms. The second kappa shape index (κ2) is 14.3. The predicted octanol–water partition coefficient (Wildman–Crippen LogP) is 8.40. The average molecular weight is 723 g/mol. The number of aromatic nitrogens is 3. The molecule has 2 aromatic heterocycles. The van der Waals surface area contributed by atoms with Crippen LogP contribution in [-0.2, 0) is 27.9 Å². The van der Waals surface area contributed by atoms with E-state index in [1.807, 2.05) is 0 Å². The van der Waals surface area contributed by atoms with Crippen LogP contribution in [0.4, 0.5) is 36.8 Å². The number of alkyl halides is 6. The molecule has 1 amide bonds. The molecular weight excluding hydrogens is 688 g/mol. The number of carbonyl (C=O) groups is 1. The van der Waals surface area contributed by atoms with E-state index in [2.05, 4.69) is 41.7 Å². The molecule has 0 bridgehead atoms. The van der Waals surface area contributed by atoms with Crippen molar-refractivity contribution >= 4 is 27.7 Å². The van der Waals surface area contributed by atoms with Gasteiger partial charge in [0.05, 0.1) is 17.9 Å². The lowest BCUT2D eigenvalue weighted by molar-refractivity contribution is -0.300. The van der Waals surface area contributed by atoms with Gasteiger partial charge in [-0.15, -0.1) is 10.2 Å². The first-order chi connectivity index (χ1) is 21.5. The number of benzene rings is 1. The van der Waals surface area contributed by atoms with E-state index < -0.39 is 76.0 Å². The Morgan fingerprint density at radius 3 is 2.41 bits per heavy atom. The first-order valence-electron chi connectivity index (χ1n) is 14.6. The highest BCUT2D eigenvalue weighted by atomic mass is 79.9. The SMILES string of the molecule is CC(C)(C)OC(=O)Nc1cc(C(F)(F)F)c(Br)nc1-c1nnc(C(CCCCC2CCNC2)(OCc2ccccc2)C(F)(F)F)o1. The number of carbonyl (C=O) groups excluding carboxylic acids is 1. The molecule has 1 aliphatic rings. The Hall–Kier alpha value is -3.24. The molecule has 16 heteroatoms. The quantitative estimate of drug-likeness (QED) is 0.115. The Balaban J connectivity index is 1.74. The summed E-state index contributed by atoms with van der Waals surface area (Å²) in [5, 5.41) is 12.8. The second-order valence-corrected chi connectivity index (χ2v) is 12.7. The first-order valence-corrected chi connectivity index (χ1v) is 15.4. The highest BCUT2D eigenvalue weighted by molar-refractivity contribution is 9.10. The van der Waals surface area contributed by atoms with Crippen LogP contribution >= 0.6 is 15.9 Å². The van der Waals surface area contributed by atoms with Crippen molar-refractivity contribution in [2.45, 2.75) is 83.0 Å². The van der Waals surface area contributed by atoms with Crippen molar-refractivity contribution in [1.29, 1.82) is 0 Å². The van der Waals surface area contributed by atoms with Gasteiger partial charge in [0.2, 0.25) is 5.60 Å². The summed E-state index contributed by atoms with van der Waals surface area (Å²) >= 11 is 2.75. The highest BCUT2D eigenvalue weighted by Gasteiger charge is 2.61. The fourth-order valence-corrected chi connectivity index (χ4v) is 5.49. The van der Waals surface area contributed by atoms with Crippen LogP contribution in [0.2, 0.25) is 0 Å². The van der Waals surface area contributed by atoms with E-state index >= 15 is 13.2 Å². The standard InChI is InChI=1S/C30H34BrF6N5O4/c1-27(2,3)46-26(43)39-21-15-20(29(32,33)34)23(31)40-22(21)24-41-42-25(45-24)28(30(35,36)37,44-17-19-10-5-4-6-11-19)13-8-7-9-18-12-14-38-16-18/h4-6,10-11,15,18,38H,7-9,12-14,16-17H2,1-3H3,(H,39,43). The number of pyridine rings is 1. The van der Waals surface area contributed by atoms with E-state index in [4.69, 9.17) is 13.9 Å². The molecule has 2 N–H and O–H groups in total. The van der Waals surface area contributed by atoms with Gasteiger partial charge in [0, 0.05) is 0 Å². The van der Waals surface area contributed by atoms with Crippen LogP contribution in [0.25, 0.3) is 11.6 Å². The molecule has 3 aromatic rings. The monoisotopic (exact) mass is 721 g/mol. The maximum absolute atomic E-state index is 15.1. The molecule has 1 saturated heterocycles. The van der Waals surface area contributed by atoms with Gasteiger partial charge in [-0.1, -0.05) is 36.8 Å². The second-order valence-electron chi connectivity index (χ2n) is 12.0. The van der Waals surface area contributed by atoms with Crippen LogP contribution in [0.15, 0.2) is 45.4 Å². The van der Waals surface area contributed by atoms with Crippen molar-refractivity contribution in [3.05, 3.63) is 58.0 Å². The molecule has 1 aromatic carbocycles. The van der Waals surface area contributed by atoms with Crippen LogP contribution in [0.1, 0.15) is 69.9 Å². The smallest absolute Gasteiger partial charge is 0.426 e. The van der Waals surface area contributed by atoms with Crippen LogP contribution in [-0.4, -0.2) is 46.1 Å². The van der Waals surface area contributed by atoms with Gasteiger partial charge in [-0.25, -0.2) is 9.78 Å². The number of ether oxygens (including phenoxy) is 2. The Labute approximate surface area is 270 Å². The summed E-state index contributed by atoms with van der Waals surface area (Å²) in [5.74, 6) is -1.26. The molecule has 0 radical (unpaired) electrons. The molecule has 9 nitrogen and oxygen atoms in total. The summed E-state index contributed by atoms with van der Waals surface area (Å²) in [5.41, 5.74) is -5.97. The molecule has 252 valence electrons. The van der Waals surface area contributed by atoms with Crippen molar-refractivity contribution in [2.24, 2.45) is 5.92 Å². The molecule has 2 atom stereocenters. The van der Waals surface area contributed by atoms with Gasteiger partial charge in [0.25, 0.3) is 11.8 Å². The van der Waals surface area contributed by atoms with E-state index in [-0.39, 0.29) is 6.42 Å². The molecular formula is C30H34BrF6N5O4. The summed E-state index contributed by atoms with van der Waals surface area (Å²) in [6.45, 7) is 5.83. The van der Waals surface area contributed by atoms with Crippen molar-refractivity contribution < 1.29 is 45.0 Å². The molecule has 1 aliphatic heterocycles. The minimum absolute atomic E-state index is 0.109. The largest absolute Gasteiger partial charge is 0.444 e. The van der Waals surface area contributed by atoms with E-state index in [0.29, 0.717) is 24.0 Å². The topological polar surface area (TPSA) is 111 Å². The van der Waals surface area contributed by atoms with E-state index in [1.54, 1.807) is 30.3 Å². The van der Waals surface area contributed by atoms with Crippen molar-refractivity contribution in [2.75, 3.05) is 18.4 Å². The zero-order valence-electron chi connectivity index (χ0n) is 25.3. The normalized spacial score (nSPS) is 17.1. The third kappa shape index (κ3) is 8.97. The van der Waals surface area contributed by atoms with Crippen LogP contribution < -0.4 is 10.6 Å². The summed E-state index contributed by atoms with van der Waals surface area (Å²) in [6.07, 6.45) is -9.38. The Bertz CT molecular complexity index is 1470. The maximum Gasteiger partial charge on any atom is 0.426 e. The molecule has 0 spiro atoms. The Morgan fingerprint density at radius 2 is 1.80 bits per heavy atom. The number of rotatable bonds is 11. The minimum Gasteiger partial charge on any atom is -0.444 e. The Kier molecular flexibility index (Phi) is 11.0. The molecule has 3 heterocycles. The number of unbranched alkanes of at least 4 members (excludes halogenated alkanes) is 1. The van der Waals surface area contributed by atoms with Crippen molar-refractivity contribution in [3.63, 3.8) is 0 Å². The lowest BCUT2D eigenvalue weighted by Gasteiger charge is -2.32. The minimum atomic E-state index is -5.04. The number of halogens is 7.